The maximum atomic E-state index is 11.5. The molecule has 1 aromatic rings. The van der Waals surface area contributed by atoms with E-state index in [0.717, 1.165) is 17.7 Å². The summed E-state index contributed by atoms with van der Waals surface area (Å²) >= 11 is 0. The van der Waals surface area contributed by atoms with Crippen LogP contribution in [0.2, 0.25) is 0 Å². The van der Waals surface area contributed by atoms with E-state index in [1.54, 1.807) is 31.2 Å². The van der Waals surface area contributed by atoms with E-state index in [4.69, 9.17) is 4.74 Å². The predicted octanol–water partition coefficient (Wildman–Crippen LogP) is 1.35. The Kier molecular flexibility index (Phi) is 8.52. The van der Waals surface area contributed by atoms with E-state index in [-0.39, 0.29) is 26.1 Å². The standard InChI is InChI=1S/C17H18O7/c1-2-22-14(18)8-9-15(19)23-11-10-16(20)24-17(21)12-13-6-4-3-5-7-13/h3-9H,2,10-12H2,1H3/b9-8-. The molecule has 1 rings (SSSR count). The van der Waals surface area contributed by atoms with E-state index in [1.165, 1.54) is 0 Å². The van der Waals surface area contributed by atoms with Crippen molar-refractivity contribution in [3.8, 4) is 0 Å². The lowest BCUT2D eigenvalue weighted by Gasteiger charge is -2.04. The van der Waals surface area contributed by atoms with Crippen molar-refractivity contribution in [3.63, 3.8) is 0 Å². The molecule has 0 fully saturated rings. The number of ether oxygens (including phenoxy) is 3. The maximum Gasteiger partial charge on any atom is 0.331 e. The number of carbonyl (C=O) groups excluding carboxylic acids is 4. The van der Waals surface area contributed by atoms with Gasteiger partial charge in [-0.05, 0) is 12.5 Å². The normalized spacial score (nSPS) is 10.2. The molecule has 0 unspecified atom stereocenters. The lowest BCUT2D eigenvalue weighted by Crippen LogP contribution is -2.16. The van der Waals surface area contributed by atoms with Gasteiger partial charge in [-0.2, -0.15) is 0 Å². The Bertz CT molecular complexity index is 605. The highest BCUT2D eigenvalue weighted by molar-refractivity contribution is 5.91. The van der Waals surface area contributed by atoms with Crippen molar-refractivity contribution in [2.75, 3.05) is 13.2 Å². The number of hydrogen-bond donors (Lipinski definition) is 0. The van der Waals surface area contributed by atoms with Gasteiger partial charge in [-0.1, -0.05) is 30.3 Å². The average molecular weight is 334 g/mol. The van der Waals surface area contributed by atoms with E-state index in [2.05, 4.69) is 9.47 Å². The summed E-state index contributed by atoms with van der Waals surface area (Å²) in [6.07, 6.45) is 1.53. The molecule has 7 heteroatoms. The highest BCUT2D eigenvalue weighted by Crippen LogP contribution is 2.01. The van der Waals surface area contributed by atoms with Crippen LogP contribution in [-0.4, -0.2) is 37.1 Å². The third-order valence-electron chi connectivity index (χ3n) is 2.61. The number of esters is 4. The van der Waals surface area contributed by atoms with Gasteiger partial charge in [-0.15, -0.1) is 0 Å². The van der Waals surface area contributed by atoms with E-state index in [0.29, 0.717) is 0 Å². The summed E-state index contributed by atoms with van der Waals surface area (Å²) in [6, 6.07) is 8.83. The summed E-state index contributed by atoms with van der Waals surface area (Å²) in [5, 5.41) is 0. The summed E-state index contributed by atoms with van der Waals surface area (Å²) in [5.74, 6) is -2.94. The van der Waals surface area contributed by atoms with Crippen LogP contribution in [0.15, 0.2) is 42.5 Å². The first-order valence-corrected chi connectivity index (χ1v) is 7.30. The van der Waals surface area contributed by atoms with Crippen LogP contribution < -0.4 is 0 Å². The van der Waals surface area contributed by atoms with Crippen LogP contribution >= 0.6 is 0 Å². The first-order valence-electron chi connectivity index (χ1n) is 7.30. The van der Waals surface area contributed by atoms with Gasteiger partial charge >= 0.3 is 23.9 Å². The van der Waals surface area contributed by atoms with Crippen molar-refractivity contribution in [2.45, 2.75) is 19.8 Å². The molecule has 24 heavy (non-hydrogen) atoms. The fourth-order valence-corrected chi connectivity index (χ4v) is 1.59. The summed E-state index contributed by atoms with van der Waals surface area (Å²) < 4.78 is 13.9. The number of carbonyl (C=O) groups is 4. The van der Waals surface area contributed by atoms with Crippen molar-refractivity contribution in [1.29, 1.82) is 0 Å². The molecule has 0 aliphatic rings. The largest absolute Gasteiger partial charge is 0.463 e. The van der Waals surface area contributed by atoms with E-state index >= 15 is 0 Å². The molecule has 0 radical (unpaired) electrons. The molecule has 0 aromatic heterocycles. The molecule has 0 spiro atoms. The van der Waals surface area contributed by atoms with Crippen molar-refractivity contribution in [2.24, 2.45) is 0 Å². The smallest absolute Gasteiger partial charge is 0.331 e. The molecule has 0 bridgehead atoms. The van der Waals surface area contributed by atoms with Gasteiger partial charge in [0.15, 0.2) is 0 Å². The summed E-state index contributed by atoms with van der Waals surface area (Å²) in [4.78, 5) is 45.2. The third kappa shape index (κ3) is 8.47. The molecule has 0 heterocycles. The summed E-state index contributed by atoms with van der Waals surface area (Å²) in [7, 11) is 0. The molecule has 7 nitrogen and oxygen atoms in total. The second kappa shape index (κ2) is 10.7. The minimum absolute atomic E-state index is 0.0192. The first kappa shape index (κ1) is 19.1. The Morgan fingerprint density at radius 2 is 1.54 bits per heavy atom. The van der Waals surface area contributed by atoms with Crippen molar-refractivity contribution >= 4 is 23.9 Å². The van der Waals surface area contributed by atoms with Crippen LogP contribution in [0, 0.1) is 0 Å². The Hall–Kier alpha value is -2.96. The highest BCUT2D eigenvalue weighted by atomic mass is 16.6. The molecule has 1 aromatic carbocycles. The van der Waals surface area contributed by atoms with Crippen LogP contribution in [0.4, 0.5) is 0 Å². The van der Waals surface area contributed by atoms with Gasteiger partial charge < -0.3 is 14.2 Å². The van der Waals surface area contributed by atoms with Crippen molar-refractivity contribution in [3.05, 3.63) is 48.0 Å². The van der Waals surface area contributed by atoms with Gasteiger partial charge in [0, 0.05) is 12.2 Å². The van der Waals surface area contributed by atoms with Crippen LogP contribution in [0.5, 0.6) is 0 Å². The quantitative estimate of drug-likeness (QED) is 0.306. The van der Waals surface area contributed by atoms with Gasteiger partial charge in [-0.25, -0.2) is 9.59 Å². The molecule has 0 saturated heterocycles. The number of rotatable bonds is 8. The molecule has 0 saturated carbocycles. The summed E-state index contributed by atoms with van der Waals surface area (Å²) in [5.41, 5.74) is 0.728. The van der Waals surface area contributed by atoms with Gasteiger partial charge in [0.1, 0.15) is 6.61 Å². The van der Waals surface area contributed by atoms with Crippen molar-refractivity contribution < 1.29 is 33.4 Å². The minimum atomic E-state index is -0.800. The molecule has 128 valence electrons. The number of benzene rings is 1. The number of hydrogen-bond acceptors (Lipinski definition) is 7. The second-order valence-corrected chi connectivity index (χ2v) is 4.51. The fraction of sp³-hybridized carbons (Fsp3) is 0.294. The third-order valence-corrected chi connectivity index (χ3v) is 2.61. The Labute approximate surface area is 139 Å². The molecular formula is C17H18O7. The predicted molar refractivity (Wildman–Crippen MR) is 82.6 cm³/mol. The fourth-order valence-electron chi connectivity index (χ4n) is 1.59. The Morgan fingerprint density at radius 3 is 2.17 bits per heavy atom. The molecule has 0 N–H and O–H groups in total. The van der Waals surface area contributed by atoms with Gasteiger partial charge in [0.25, 0.3) is 0 Å². The SMILES string of the molecule is CCOC(=O)/C=C\C(=O)OCCC(=O)OC(=O)Cc1ccccc1. The van der Waals surface area contributed by atoms with E-state index in [1.807, 2.05) is 6.07 Å². The van der Waals surface area contributed by atoms with Crippen LogP contribution in [-0.2, 0) is 39.8 Å². The Balaban J connectivity index is 2.22. The average Bonchev–Trinajstić information content (AvgIpc) is 2.54. The van der Waals surface area contributed by atoms with E-state index < -0.39 is 23.9 Å². The minimum Gasteiger partial charge on any atom is -0.463 e. The zero-order valence-electron chi connectivity index (χ0n) is 13.2. The monoisotopic (exact) mass is 334 g/mol. The Morgan fingerprint density at radius 1 is 0.917 bits per heavy atom. The lowest BCUT2D eigenvalue weighted by molar-refractivity contribution is -0.160. The van der Waals surface area contributed by atoms with Crippen molar-refractivity contribution in [1.82, 2.24) is 0 Å². The highest BCUT2D eigenvalue weighted by Gasteiger charge is 2.12. The lowest BCUT2D eigenvalue weighted by atomic mass is 10.2. The maximum absolute atomic E-state index is 11.5. The van der Waals surface area contributed by atoms with Crippen LogP contribution in [0.3, 0.4) is 0 Å². The molecule has 0 atom stereocenters. The molecule has 0 amide bonds. The van der Waals surface area contributed by atoms with Gasteiger partial charge in [-0.3, -0.25) is 9.59 Å². The van der Waals surface area contributed by atoms with Crippen LogP contribution in [0.1, 0.15) is 18.9 Å². The first-order chi connectivity index (χ1) is 11.5. The zero-order chi connectivity index (χ0) is 17.8. The van der Waals surface area contributed by atoms with Crippen LogP contribution in [0.25, 0.3) is 0 Å². The van der Waals surface area contributed by atoms with E-state index in [9.17, 15) is 19.2 Å². The van der Waals surface area contributed by atoms with Gasteiger partial charge in [0.05, 0.1) is 19.4 Å². The summed E-state index contributed by atoms with van der Waals surface area (Å²) in [6.45, 7) is 1.57. The molecule has 0 aliphatic heterocycles. The van der Waals surface area contributed by atoms with Gasteiger partial charge in [0.2, 0.25) is 0 Å². The molecular weight excluding hydrogens is 316 g/mol. The zero-order valence-corrected chi connectivity index (χ0v) is 13.2. The molecule has 0 aliphatic carbocycles. The second-order valence-electron chi connectivity index (χ2n) is 4.51. The topological polar surface area (TPSA) is 96.0 Å².